The molecule has 0 bridgehead atoms. The highest BCUT2D eigenvalue weighted by Crippen LogP contribution is 2.30. The number of benzene rings is 9. The molecule has 2 aliphatic heterocycles. The Morgan fingerprint density at radius 1 is 0.435 bits per heavy atom. The number of amides is 4. The van der Waals surface area contributed by atoms with E-state index in [0.29, 0.717) is 62.9 Å². The lowest BCUT2D eigenvalue weighted by Crippen LogP contribution is -2.49. The van der Waals surface area contributed by atoms with Gasteiger partial charge in [-0.1, -0.05) is 225 Å². The first-order chi connectivity index (χ1) is 45.3. The Hall–Kier alpha value is -8.78. The SMILES string of the molecule is O=C(NC[C@@H]1CCN(CC(c2ccccc2)c2ccccc2)C(=O)[C@H](CCCNC2CCCC2)N1)c1ccc2ccccc2c1.O=C(NC[C@@H]1CCN(CC(c2ccccc2)c2ccccc2)C(=O)[C@H](CCCNCc2ccccc2)N1)c1ccc2ccccc2c1. The molecular formula is C80H90N8O4. The Balaban J connectivity index is 0.000000189. The van der Waals surface area contributed by atoms with E-state index in [4.69, 9.17) is 0 Å². The Labute approximate surface area is 544 Å². The van der Waals surface area contributed by atoms with Crippen molar-refractivity contribution in [3.05, 3.63) is 276 Å². The fourth-order valence-corrected chi connectivity index (χ4v) is 13.5. The zero-order valence-electron chi connectivity index (χ0n) is 53.0. The monoisotopic (exact) mass is 1230 g/mol. The molecule has 474 valence electrons. The van der Waals surface area contributed by atoms with Gasteiger partial charge in [0.1, 0.15) is 0 Å². The summed E-state index contributed by atoms with van der Waals surface area (Å²) in [6, 6.07) is 80.1. The Morgan fingerprint density at radius 3 is 1.24 bits per heavy atom. The smallest absolute Gasteiger partial charge is 0.251 e. The van der Waals surface area contributed by atoms with Gasteiger partial charge in [-0.25, -0.2) is 0 Å². The van der Waals surface area contributed by atoms with E-state index in [1.165, 1.54) is 53.5 Å². The van der Waals surface area contributed by atoms with Gasteiger partial charge in [0.05, 0.1) is 12.1 Å². The van der Waals surface area contributed by atoms with Crippen molar-refractivity contribution in [1.82, 2.24) is 41.7 Å². The van der Waals surface area contributed by atoms with Crippen LogP contribution in [0.5, 0.6) is 0 Å². The predicted molar refractivity (Wildman–Crippen MR) is 373 cm³/mol. The minimum absolute atomic E-state index is 0.00282. The van der Waals surface area contributed by atoms with Crippen molar-refractivity contribution in [3.8, 4) is 0 Å². The minimum Gasteiger partial charge on any atom is -0.350 e. The van der Waals surface area contributed by atoms with Crippen LogP contribution in [0.25, 0.3) is 21.5 Å². The van der Waals surface area contributed by atoms with E-state index in [2.05, 4.69) is 164 Å². The average molecular weight is 1230 g/mol. The van der Waals surface area contributed by atoms with Crippen LogP contribution in [0.3, 0.4) is 0 Å². The topological polar surface area (TPSA) is 147 Å². The number of nitrogens with one attached hydrogen (secondary N) is 6. The largest absolute Gasteiger partial charge is 0.350 e. The molecule has 9 aromatic carbocycles. The van der Waals surface area contributed by atoms with Gasteiger partial charge in [0.25, 0.3) is 11.8 Å². The summed E-state index contributed by atoms with van der Waals surface area (Å²) in [5.41, 5.74) is 7.37. The van der Waals surface area contributed by atoms with Gasteiger partial charge >= 0.3 is 0 Å². The first kappa shape index (κ1) is 64.7. The summed E-state index contributed by atoms with van der Waals surface area (Å²) in [5, 5.41) is 25.2. The molecule has 0 spiro atoms. The van der Waals surface area contributed by atoms with Gasteiger partial charge in [-0.05, 0) is 138 Å². The molecule has 9 aromatic rings. The number of rotatable bonds is 25. The van der Waals surface area contributed by atoms with Crippen LogP contribution in [-0.4, -0.2) is 116 Å². The molecular weight excluding hydrogens is 1140 g/mol. The molecule has 4 atom stereocenters. The first-order valence-electron chi connectivity index (χ1n) is 33.6. The molecule has 12 nitrogen and oxygen atoms in total. The molecule has 3 fully saturated rings. The zero-order valence-corrected chi connectivity index (χ0v) is 53.0. The summed E-state index contributed by atoms with van der Waals surface area (Å²) in [4.78, 5) is 58.9. The van der Waals surface area contributed by atoms with Gasteiger partial charge < -0.3 is 41.7 Å². The molecule has 92 heavy (non-hydrogen) atoms. The van der Waals surface area contributed by atoms with Gasteiger partial charge in [0.2, 0.25) is 11.8 Å². The molecule has 0 aromatic heterocycles. The van der Waals surface area contributed by atoms with Gasteiger partial charge in [-0.3, -0.25) is 19.2 Å². The van der Waals surface area contributed by atoms with E-state index >= 15 is 0 Å². The lowest BCUT2D eigenvalue weighted by Gasteiger charge is -2.29. The van der Waals surface area contributed by atoms with Gasteiger partial charge in [-0.2, -0.15) is 0 Å². The fourth-order valence-electron chi connectivity index (χ4n) is 13.5. The normalized spacial score (nSPS) is 17.9. The molecule has 2 saturated heterocycles. The standard InChI is InChI=1S/C41H44N4O2.C39H46N4O2/c46-40(36-23-22-32-15-10-11-20-35(32)27-36)43-29-37-24-26-45(30-38(33-16-6-2-7-17-33)34-18-8-3-9-19-34)41(47)39(44-37)21-12-25-42-28-31-13-4-1-5-14-31;44-38(33-22-21-29-12-7-8-17-32(29)26-33)41-27-35-23-25-43(39(45)37(42-35)20-11-24-40-34-18-9-10-19-34)28-36(30-13-3-1-4-14-30)31-15-5-2-6-16-31/h1-11,13-20,22-23,27,37-39,42,44H,12,21,24-26,28-30H2,(H,43,46);1-8,12-17,21-22,26,34-37,40,42H,9-11,18-20,23-25,27-28H2,(H,41,44)/t37-,39-;35-,37-/m00/s1. The van der Waals surface area contributed by atoms with Crippen molar-refractivity contribution < 1.29 is 19.2 Å². The van der Waals surface area contributed by atoms with Crippen molar-refractivity contribution in [2.24, 2.45) is 0 Å². The molecule has 3 aliphatic rings. The summed E-state index contributed by atoms with van der Waals surface area (Å²) >= 11 is 0. The lowest BCUT2D eigenvalue weighted by atomic mass is 9.90. The van der Waals surface area contributed by atoms with Crippen molar-refractivity contribution >= 4 is 45.2 Å². The third-order valence-corrected chi connectivity index (χ3v) is 18.7. The number of hydrogen-bond acceptors (Lipinski definition) is 8. The summed E-state index contributed by atoms with van der Waals surface area (Å²) in [6.45, 7) is 5.99. The number of fused-ring (bicyclic) bond motifs is 2. The van der Waals surface area contributed by atoms with Crippen LogP contribution < -0.4 is 31.9 Å². The van der Waals surface area contributed by atoms with E-state index in [1.807, 2.05) is 114 Å². The number of carbonyl (C=O) groups excluding carboxylic acids is 4. The number of hydrogen-bond donors (Lipinski definition) is 6. The van der Waals surface area contributed by atoms with Crippen LogP contribution in [0.1, 0.15) is 125 Å². The van der Waals surface area contributed by atoms with Gasteiger partial charge in [-0.15, -0.1) is 0 Å². The number of nitrogens with zero attached hydrogens (tertiary/aromatic N) is 2. The van der Waals surface area contributed by atoms with Crippen molar-refractivity contribution in [2.45, 2.75) is 113 Å². The van der Waals surface area contributed by atoms with Crippen molar-refractivity contribution in [3.63, 3.8) is 0 Å². The van der Waals surface area contributed by atoms with E-state index < -0.39 is 0 Å². The summed E-state index contributed by atoms with van der Waals surface area (Å²) < 4.78 is 0. The Morgan fingerprint density at radius 2 is 0.815 bits per heavy atom. The van der Waals surface area contributed by atoms with Crippen molar-refractivity contribution in [1.29, 1.82) is 0 Å². The predicted octanol–water partition coefficient (Wildman–Crippen LogP) is 12.8. The second kappa shape index (κ2) is 33.5. The van der Waals surface area contributed by atoms with Crippen LogP contribution in [0.15, 0.2) is 237 Å². The maximum absolute atomic E-state index is 14.2. The average Bonchev–Trinajstić information content (AvgIpc) is 1.75. The molecule has 0 unspecified atom stereocenters. The summed E-state index contributed by atoms with van der Waals surface area (Å²) in [5.74, 6) is 0.272. The third kappa shape index (κ3) is 18.3. The number of carbonyl (C=O) groups is 4. The van der Waals surface area contributed by atoms with E-state index in [1.54, 1.807) is 0 Å². The maximum atomic E-state index is 14.2. The van der Waals surface area contributed by atoms with Crippen LogP contribution in [-0.2, 0) is 16.1 Å². The van der Waals surface area contributed by atoms with Crippen LogP contribution in [0.2, 0.25) is 0 Å². The fraction of sp³-hybridized carbons (Fsp3) is 0.325. The molecule has 12 rings (SSSR count). The molecule has 2 heterocycles. The molecule has 4 amide bonds. The minimum atomic E-state index is -0.328. The zero-order chi connectivity index (χ0) is 63.1. The molecule has 6 N–H and O–H groups in total. The Bertz CT molecular complexity index is 3680. The maximum Gasteiger partial charge on any atom is 0.251 e. The second-order valence-corrected chi connectivity index (χ2v) is 25.2. The quantitative estimate of drug-likeness (QED) is 0.0310. The van der Waals surface area contributed by atoms with Gasteiger partial charge in [0, 0.05) is 86.9 Å². The van der Waals surface area contributed by atoms with Crippen LogP contribution >= 0.6 is 0 Å². The van der Waals surface area contributed by atoms with Gasteiger partial charge in [0.15, 0.2) is 0 Å². The van der Waals surface area contributed by atoms with Crippen LogP contribution in [0.4, 0.5) is 0 Å². The van der Waals surface area contributed by atoms with E-state index in [9.17, 15) is 19.2 Å². The highest BCUT2D eigenvalue weighted by atomic mass is 16.2. The lowest BCUT2D eigenvalue weighted by molar-refractivity contribution is -0.133. The highest BCUT2D eigenvalue weighted by Gasteiger charge is 2.35. The molecule has 1 aliphatic carbocycles. The first-order valence-corrected chi connectivity index (χ1v) is 33.6. The molecule has 12 heteroatoms. The van der Waals surface area contributed by atoms with Crippen LogP contribution in [0, 0.1) is 0 Å². The molecule has 0 radical (unpaired) electrons. The molecule has 1 saturated carbocycles. The van der Waals surface area contributed by atoms with Crippen molar-refractivity contribution in [2.75, 3.05) is 52.4 Å². The summed E-state index contributed by atoms with van der Waals surface area (Å²) in [7, 11) is 0. The summed E-state index contributed by atoms with van der Waals surface area (Å²) in [6.07, 6.45) is 9.95. The second-order valence-electron chi connectivity index (χ2n) is 25.2. The Kier molecular flexibility index (Phi) is 23.6. The highest BCUT2D eigenvalue weighted by molar-refractivity contribution is 5.99. The van der Waals surface area contributed by atoms with E-state index in [0.717, 1.165) is 73.3 Å². The van der Waals surface area contributed by atoms with E-state index in [-0.39, 0.29) is 59.6 Å². The third-order valence-electron chi connectivity index (χ3n) is 18.7.